The summed E-state index contributed by atoms with van der Waals surface area (Å²) in [7, 11) is 0. The number of benzene rings is 1. The van der Waals surface area contributed by atoms with Gasteiger partial charge in [-0.25, -0.2) is 0 Å². The number of hydrogen-bond acceptors (Lipinski definition) is 5. The van der Waals surface area contributed by atoms with E-state index in [1.807, 2.05) is 18.2 Å². The molecule has 8 heteroatoms. The van der Waals surface area contributed by atoms with Crippen molar-refractivity contribution in [3.8, 4) is 11.5 Å². The number of anilines is 1. The molecule has 1 aromatic heterocycles. The molecule has 0 fully saturated rings. The van der Waals surface area contributed by atoms with Crippen LogP contribution in [0, 0.1) is 0 Å². The van der Waals surface area contributed by atoms with Gasteiger partial charge in [-0.15, -0.1) is 0 Å². The quantitative estimate of drug-likeness (QED) is 0.707. The van der Waals surface area contributed by atoms with Gasteiger partial charge >= 0.3 is 11.8 Å². The summed E-state index contributed by atoms with van der Waals surface area (Å²) in [6.07, 6.45) is 1.12. The van der Waals surface area contributed by atoms with E-state index in [4.69, 9.17) is 9.47 Å². The minimum Gasteiger partial charge on any atom is -0.486 e. The number of carbonyl (C=O) groups excluding carboxylic acids is 2. The van der Waals surface area contributed by atoms with Gasteiger partial charge in [0.1, 0.15) is 18.5 Å². The van der Waals surface area contributed by atoms with Gasteiger partial charge in [0.25, 0.3) is 0 Å². The van der Waals surface area contributed by atoms with Gasteiger partial charge < -0.3 is 20.1 Å². The number of hydrogen-bond donors (Lipinski definition) is 3. The van der Waals surface area contributed by atoms with Crippen LogP contribution in [0.4, 0.5) is 5.82 Å². The smallest absolute Gasteiger partial charge is 0.314 e. The predicted molar refractivity (Wildman–Crippen MR) is 76.6 cm³/mol. The lowest BCUT2D eigenvalue weighted by atomic mass is 10.2. The van der Waals surface area contributed by atoms with Gasteiger partial charge in [-0.3, -0.25) is 14.7 Å². The molecular weight excluding hydrogens is 288 g/mol. The molecule has 1 aromatic carbocycles. The Labute approximate surface area is 125 Å². The molecule has 3 N–H and O–H groups in total. The first-order valence-corrected chi connectivity index (χ1v) is 6.69. The molecule has 0 radical (unpaired) electrons. The van der Waals surface area contributed by atoms with Gasteiger partial charge in [-0.05, 0) is 12.1 Å². The van der Waals surface area contributed by atoms with Crippen molar-refractivity contribution < 1.29 is 19.1 Å². The molecule has 0 saturated carbocycles. The molecule has 1 aliphatic rings. The molecule has 3 rings (SSSR count). The summed E-state index contributed by atoms with van der Waals surface area (Å²) in [6, 6.07) is 8.82. The lowest BCUT2D eigenvalue weighted by Crippen LogP contribution is -2.44. The number of fused-ring (bicyclic) bond motifs is 1. The van der Waals surface area contributed by atoms with Crippen LogP contribution >= 0.6 is 0 Å². The second-order valence-electron chi connectivity index (χ2n) is 4.63. The van der Waals surface area contributed by atoms with Gasteiger partial charge in [0.2, 0.25) is 0 Å². The zero-order chi connectivity index (χ0) is 15.4. The Balaban J connectivity index is 1.48. The molecule has 22 heavy (non-hydrogen) atoms. The van der Waals surface area contributed by atoms with Crippen LogP contribution in [0.25, 0.3) is 0 Å². The first kappa shape index (κ1) is 13.9. The Morgan fingerprint density at radius 2 is 2.05 bits per heavy atom. The van der Waals surface area contributed by atoms with Crippen molar-refractivity contribution in [3.05, 3.63) is 36.5 Å². The number of nitrogens with one attached hydrogen (secondary N) is 3. The van der Waals surface area contributed by atoms with E-state index in [1.165, 1.54) is 6.20 Å². The van der Waals surface area contributed by atoms with E-state index in [-0.39, 0.29) is 12.6 Å². The van der Waals surface area contributed by atoms with E-state index in [1.54, 1.807) is 12.1 Å². The van der Waals surface area contributed by atoms with Gasteiger partial charge in [-0.2, -0.15) is 5.10 Å². The van der Waals surface area contributed by atoms with Crippen LogP contribution in [0.2, 0.25) is 0 Å². The molecule has 0 spiro atoms. The van der Waals surface area contributed by atoms with E-state index < -0.39 is 11.8 Å². The summed E-state index contributed by atoms with van der Waals surface area (Å²) in [5, 5.41) is 11.1. The van der Waals surface area contributed by atoms with E-state index >= 15 is 0 Å². The maximum absolute atomic E-state index is 11.7. The Hall–Kier alpha value is -3.03. The van der Waals surface area contributed by atoms with Crippen molar-refractivity contribution in [2.45, 2.75) is 6.10 Å². The molecule has 0 bridgehead atoms. The standard InChI is InChI=1S/C14H14N4O4/c19-13(14(20)17-12-5-6-16-18-12)15-7-9-8-21-10-3-1-2-4-11(10)22-9/h1-6,9H,7-8H2,(H,15,19)(H2,16,17,18,20)/t9-/m1/s1. The van der Waals surface area contributed by atoms with E-state index in [0.717, 1.165) is 0 Å². The fourth-order valence-electron chi connectivity index (χ4n) is 1.96. The van der Waals surface area contributed by atoms with Crippen LogP contribution < -0.4 is 20.1 Å². The Bertz CT molecular complexity index is 671. The maximum Gasteiger partial charge on any atom is 0.314 e. The third-order valence-corrected chi connectivity index (χ3v) is 3.01. The average molecular weight is 302 g/mol. The second-order valence-corrected chi connectivity index (χ2v) is 4.63. The molecule has 8 nitrogen and oxygen atoms in total. The van der Waals surface area contributed by atoms with Crippen molar-refractivity contribution >= 4 is 17.6 Å². The summed E-state index contributed by atoms with van der Waals surface area (Å²) >= 11 is 0. The van der Waals surface area contributed by atoms with Crippen molar-refractivity contribution in [1.82, 2.24) is 15.5 Å². The number of ether oxygens (including phenoxy) is 2. The lowest BCUT2D eigenvalue weighted by Gasteiger charge is -2.26. The minimum atomic E-state index is -0.777. The summed E-state index contributed by atoms with van der Waals surface area (Å²) in [4.78, 5) is 23.3. The number of aromatic nitrogens is 2. The van der Waals surface area contributed by atoms with E-state index in [9.17, 15) is 9.59 Å². The van der Waals surface area contributed by atoms with E-state index in [2.05, 4.69) is 20.8 Å². The average Bonchev–Trinajstić information content (AvgIpc) is 3.05. The maximum atomic E-state index is 11.7. The zero-order valence-electron chi connectivity index (χ0n) is 11.5. The highest BCUT2D eigenvalue weighted by molar-refractivity contribution is 6.39. The van der Waals surface area contributed by atoms with Crippen molar-refractivity contribution in [2.75, 3.05) is 18.5 Å². The minimum absolute atomic E-state index is 0.170. The van der Waals surface area contributed by atoms with Crippen LogP contribution in [0.1, 0.15) is 0 Å². The molecular formula is C14H14N4O4. The van der Waals surface area contributed by atoms with Crippen LogP contribution in [0.5, 0.6) is 11.5 Å². The fraction of sp³-hybridized carbons (Fsp3) is 0.214. The summed E-state index contributed by atoms with van der Waals surface area (Å²) in [5.74, 6) is 0.113. The van der Waals surface area contributed by atoms with Crippen molar-refractivity contribution in [1.29, 1.82) is 0 Å². The van der Waals surface area contributed by atoms with Gasteiger partial charge in [0, 0.05) is 6.07 Å². The number of carbonyl (C=O) groups is 2. The molecule has 1 aliphatic heterocycles. The normalized spacial score (nSPS) is 15.9. The monoisotopic (exact) mass is 302 g/mol. The number of para-hydroxylation sites is 2. The third kappa shape index (κ3) is 3.17. The summed E-state index contributed by atoms with van der Waals surface area (Å²) in [5.41, 5.74) is 0. The van der Waals surface area contributed by atoms with Crippen molar-refractivity contribution in [3.63, 3.8) is 0 Å². The second kappa shape index (κ2) is 6.17. The third-order valence-electron chi connectivity index (χ3n) is 3.01. The number of H-pyrrole nitrogens is 1. The highest BCUT2D eigenvalue weighted by atomic mass is 16.6. The molecule has 2 heterocycles. The molecule has 0 unspecified atom stereocenters. The zero-order valence-corrected chi connectivity index (χ0v) is 11.5. The van der Waals surface area contributed by atoms with Gasteiger partial charge in [0.15, 0.2) is 11.5 Å². The molecule has 114 valence electrons. The Morgan fingerprint density at radius 3 is 2.82 bits per heavy atom. The highest BCUT2D eigenvalue weighted by Crippen LogP contribution is 2.30. The number of rotatable bonds is 3. The van der Waals surface area contributed by atoms with Gasteiger partial charge in [0.05, 0.1) is 12.7 Å². The van der Waals surface area contributed by atoms with Crippen molar-refractivity contribution in [2.24, 2.45) is 0 Å². The predicted octanol–water partition coefficient (Wildman–Crippen LogP) is 0.304. The van der Waals surface area contributed by atoms with Crippen LogP contribution in [0.15, 0.2) is 36.5 Å². The number of nitrogens with zero attached hydrogens (tertiary/aromatic N) is 1. The van der Waals surface area contributed by atoms with Crippen LogP contribution in [-0.4, -0.2) is 41.3 Å². The molecule has 0 saturated heterocycles. The first-order chi connectivity index (χ1) is 10.7. The number of aromatic amines is 1. The topological polar surface area (TPSA) is 105 Å². The Kier molecular flexibility index (Phi) is 3.90. The Morgan fingerprint density at radius 1 is 1.23 bits per heavy atom. The molecule has 2 amide bonds. The first-order valence-electron chi connectivity index (χ1n) is 6.69. The lowest BCUT2D eigenvalue weighted by molar-refractivity contribution is -0.136. The summed E-state index contributed by atoms with van der Waals surface area (Å²) in [6.45, 7) is 0.475. The SMILES string of the molecule is O=C(NC[C@@H]1COc2ccccc2O1)C(=O)Nc1ccn[nH]1. The highest BCUT2D eigenvalue weighted by Gasteiger charge is 2.22. The fourth-order valence-corrected chi connectivity index (χ4v) is 1.96. The van der Waals surface area contributed by atoms with E-state index in [0.29, 0.717) is 23.9 Å². The van der Waals surface area contributed by atoms with Crippen LogP contribution in [0.3, 0.4) is 0 Å². The molecule has 1 atom stereocenters. The summed E-state index contributed by atoms with van der Waals surface area (Å²) < 4.78 is 11.2. The molecule has 2 aromatic rings. The largest absolute Gasteiger partial charge is 0.486 e. The van der Waals surface area contributed by atoms with Crippen LogP contribution in [-0.2, 0) is 9.59 Å². The number of amides is 2. The van der Waals surface area contributed by atoms with Gasteiger partial charge in [-0.1, -0.05) is 12.1 Å². The molecule has 0 aliphatic carbocycles.